The van der Waals surface area contributed by atoms with E-state index < -0.39 is 17.5 Å². The third kappa shape index (κ3) is 1.39. The van der Waals surface area contributed by atoms with Crippen LogP contribution in [0.15, 0.2) is 4.52 Å². The van der Waals surface area contributed by atoms with Crippen molar-refractivity contribution in [2.75, 3.05) is 0 Å². The van der Waals surface area contributed by atoms with Crippen molar-refractivity contribution in [1.29, 1.82) is 0 Å². The van der Waals surface area contributed by atoms with Crippen LogP contribution in [-0.2, 0) is 11.7 Å². The summed E-state index contributed by atoms with van der Waals surface area (Å²) in [6, 6.07) is 0. The van der Waals surface area contributed by atoms with Crippen molar-refractivity contribution in [2.24, 2.45) is 5.73 Å². The van der Waals surface area contributed by atoms with Crippen LogP contribution >= 0.6 is 0 Å². The van der Waals surface area contributed by atoms with E-state index in [0.717, 1.165) is 0 Å². The largest absolute Gasteiger partial charge is 0.455 e. The zero-order valence-electron chi connectivity index (χ0n) is 6.43. The summed E-state index contributed by atoms with van der Waals surface area (Å²) in [5.41, 5.74) is 4.75. The summed E-state index contributed by atoms with van der Waals surface area (Å²) < 4.78 is 40.4. The molecular formula is C6H6F3N3O. The van der Waals surface area contributed by atoms with E-state index in [1.165, 1.54) is 0 Å². The SMILES string of the molecule is NC1(c2nc(C(F)(F)F)no2)CC1. The minimum atomic E-state index is -4.56. The molecule has 1 aromatic heterocycles. The molecule has 0 radical (unpaired) electrons. The van der Waals surface area contributed by atoms with Crippen molar-refractivity contribution in [2.45, 2.75) is 24.6 Å². The fourth-order valence-corrected chi connectivity index (χ4v) is 0.889. The molecule has 0 aliphatic heterocycles. The van der Waals surface area contributed by atoms with Crippen molar-refractivity contribution < 1.29 is 17.7 Å². The van der Waals surface area contributed by atoms with Gasteiger partial charge in [-0.05, 0) is 12.8 Å². The van der Waals surface area contributed by atoms with Gasteiger partial charge in [0, 0.05) is 0 Å². The fourth-order valence-electron chi connectivity index (χ4n) is 0.889. The molecule has 4 nitrogen and oxygen atoms in total. The average Bonchev–Trinajstić information content (AvgIpc) is 2.60. The molecule has 2 N–H and O–H groups in total. The van der Waals surface area contributed by atoms with E-state index in [9.17, 15) is 13.2 Å². The Morgan fingerprint density at radius 2 is 2.00 bits per heavy atom. The number of alkyl halides is 3. The maximum absolute atomic E-state index is 12.0. The molecule has 13 heavy (non-hydrogen) atoms. The zero-order valence-corrected chi connectivity index (χ0v) is 6.43. The first-order valence-electron chi connectivity index (χ1n) is 3.62. The molecule has 7 heteroatoms. The number of hydrogen-bond donors (Lipinski definition) is 1. The topological polar surface area (TPSA) is 64.9 Å². The maximum Gasteiger partial charge on any atom is 0.455 e. The van der Waals surface area contributed by atoms with Crippen molar-refractivity contribution in [1.82, 2.24) is 10.1 Å². The number of nitrogens with two attached hydrogens (primary N) is 1. The third-order valence-electron chi connectivity index (χ3n) is 1.89. The predicted octanol–water partition coefficient (Wildman–Crippen LogP) is 1.04. The van der Waals surface area contributed by atoms with Crippen LogP contribution in [-0.4, -0.2) is 10.1 Å². The highest BCUT2D eigenvalue weighted by molar-refractivity contribution is 5.12. The Kier molecular flexibility index (Phi) is 1.45. The standard InChI is InChI=1S/C6H6F3N3O/c7-6(8,9)3-11-4(13-12-3)5(10)1-2-5/h1-2,10H2. The Balaban J connectivity index is 2.29. The van der Waals surface area contributed by atoms with Gasteiger partial charge >= 0.3 is 6.18 Å². The lowest BCUT2D eigenvalue weighted by Crippen LogP contribution is -2.19. The minimum Gasteiger partial charge on any atom is -0.337 e. The monoisotopic (exact) mass is 193 g/mol. The summed E-state index contributed by atoms with van der Waals surface area (Å²) in [5.74, 6) is -1.39. The summed E-state index contributed by atoms with van der Waals surface area (Å²) in [6.45, 7) is 0. The van der Waals surface area contributed by atoms with Gasteiger partial charge in [-0.3, -0.25) is 0 Å². The van der Waals surface area contributed by atoms with Crippen LogP contribution in [0, 0.1) is 0 Å². The second-order valence-corrected chi connectivity index (χ2v) is 3.08. The Morgan fingerprint density at radius 1 is 1.38 bits per heavy atom. The molecule has 1 aliphatic rings. The van der Waals surface area contributed by atoms with Gasteiger partial charge < -0.3 is 10.3 Å². The summed E-state index contributed by atoms with van der Waals surface area (Å²) >= 11 is 0. The molecule has 0 amide bonds. The van der Waals surface area contributed by atoms with E-state index >= 15 is 0 Å². The van der Waals surface area contributed by atoms with Crippen molar-refractivity contribution in [3.05, 3.63) is 11.7 Å². The smallest absolute Gasteiger partial charge is 0.337 e. The molecule has 1 heterocycles. The molecule has 1 saturated carbocycles. The normalized spacial score (nSPS) is 20.3. The predicted molar refractivity (Wildman–Crippen MR) is 34.4 cm³/mol. The number of aromatic nitrogens is 2. The lowest BCUT2D eigenvalue weighted by atomic mass is 10.3. The second-order valence-electron chi connectivity index (χ2n) is 3.08. The highest BCUT2D eigenvalue weighted by Crippen LogP contribution is 2.42. The average molecular weight is 193 g/mol. The van der Waals surface area contributed by atoms with Crippen LogP contribution in [0.25, 0.3) is 0 Å². The quantitative estimate of drug-likeness (QED) is 0.723. The van der Waals surface area contributed by atoms with Gasteiger partial charge in [0.15, 0.2) is 0 Å². The van der Waals surface area contributed by atoms with Gasteiger partial charge in [0.25, 0.3) is 5.82 Å². The number of nitrogens with zero attached hydrogens (tertiary/aromatic N) is 2. The first-order chi connectivity index (χ1) is 5.92. The molecule has 2 rings (SSSR count). The molecule has 0 aromatic carbocycles. The highest BCUT2D eigenvalue weighted by Gasteiger charge is 2.48. The van der Waals surface area contributed by atoms with Crippen LogP contribution in [0.5, 0.6) is 0 Å². The van der Waals surface area contributed by atoms with Gasteiger partial charge in [0.1, 0.15) is 0 Å². The van der Waals surface area contributed by atoms with Crippen molar-refractivity contribution in [3.8, 4) is 0 Å². The fraction of sp³-hybridized carbons (Fsp3) is 0.667. The van der Waals surface area contributed by atoms with Gasteiger partial charge in [-0.25, -0.2) is 0 Å². The molecule has 1 aromatic rings. The van der Waals surface area contributed by atoms with E-state index in [1.807, 2.05) is 0 Å². The third-order valence-corrected chi connectivity index (χ3v) is 1.89. The van der Waals surface area contributed by atoms with Gasteiger partial charge in [0.05, 0.1) is 5.54 Å². The van der Waals surface area contributed by atoms with Crippen LogP contribution in [0.2, 0.25) is 0 Å². The van der Waals surface area contributed by atoms with E-state index in [4.69, 9.17) is 5.73 Å². The Morgan fingerprint density at radius 3 is 2.38 bits per heavy atom. The summed E-state index contributed by atoms with van der Waals surface area (Å²) in [7, 11) is 0. The van der Waals surface area contributed by atoms with Gasteiger partial charge in [-0.2, -0.15) is 18.2 Å². The first-order valence-corrected chi connectivity index (χ1v) is 3.62. The van der Waals surface area contributed by atoms with Gasteiger partial charge in [0.2, 0.25) is 5.89 Å². The first kappa shape index (κ1) is 8.49. The lowest BCUT2D eigenvalue weighted by molar-refractivity contribution is -0.146. The van der Waals surface area contributed by atoms with Crippen molar-refractivity contribution in [3.63, 3.8) is 0 Å². The zero-order chi connectivity index (χ0) is 9.69. The van der Waals surface area contributed by atoms with E-state index in [1.54, 1.807) is 0 Å². The van der Waals surface area contributed by atoms with Gasteiger partial charge in [-0.1, -0.05) is 5.16 Å². The van der Waals surface area contributed by atoms with Crippen LogP contribution in [0.3, 0.4) is 0 Å². The number of rotatable bonds is 1. The molecule has 1 fully saturated rings. The van der Waals surface area contributed by atoms with E-state index in [0.29, 0.717) is 12.8 Å². The second kappa shape index (κ2) is 2.22. The summed E-state index contributed by atoms with van der Waals surface area (Å²) in [6.07, 6.45) is -3.38. The van der Waals surface area contributed by atoms with Crippen LogP contribution in [0.4, 0.5) is 13.2 Å². The molecule has 0 saturated heterocycles. The maximum atomic E-state index is 12.0. The van der Waals surface area contributed by atoms with E-state index in [2.05, 4.69) is 14.7 Å². The van der Waals surface area contributed by atoms with Gasteiger partial charge in [-0.15, -0.1) is 0 Å². The Bertz CT molecular complexity index is 308. The summed E-state index contributed by atoms with van der Waals surface area (Å²) in [4.78, 5) is 3.19. The molecule has 0 bridgehead atoms. The molecule has 72 valence electrons. The number of halogens is 3. The van der Waals surface area contributed by atoms with Crippen molar-refractivity contribution >= 4 is 0 Å². The minimum absolute atomic E-state index is 0.125. The molecule has 0 atom stereocenters. The highest BCUT2D eigenvalue weighted by atomic mass is 19.4. The summed E-state index contributed by atoms with van der Waals surface area (Å²) in [5, 5.41) is 2.80. The molecule has 0 spiro atoms. The van der Waals surface area contributed by atoms with E-state index in [-0.39, 0.29) is 5.89 Å². The Labute approximate surface area is 70.9 Å². The molecular weight excluding hydrogens is 187 g/mol. The van der Waals surface area contributed by atoms with Crippen LogP contribution < -0.4 is 5.73 Å². The molecule has 0 unspecified atom stereocenters. The Hall–Kier alpha value is -1.11. The van der Waals surface area contributed by atoms with Crippen LogP contribution in [0.1, 0.15) is 24.6 Å². The lowest BCUT2D eigenvalue weighted by Gasteiger charge is -1.99. The number of hydrogen-bond acceptors (Lipinski definition) is 4. The molecule has 1 aliphatic carbocycles.